The molecule has 1 N–H and O–H groups in total. The summed E-state index contributed by atoms with van der Waals surface area (Å²) in [7, 11) is 1.43. The van der Waals surface area contributed by atoms with Crippen LogP contribution in [0, 0.1) is 5.92 Å². The second-order valence-electron chi connectivity index (χ2n) is 4.24. The van der Waals surface area contributed by atoms with Crippen molar-refractivity contribution in [3.05, 3.63) is 0 Å². The van der Waals surface area contributed by atoms with E-state index in [0.29, 0.717) is 18.7 Å². The highest BCUT2D eigenvalue weighted by Crippen LogP contribution is 2.13. The average Bonchev–Trinajstić information content (AvgIpc) is 2.25. The number of nitrogens with one attached hydrogen (secondary N) is 1. The molecule has 1 aliphatic heterocycles. The van der Waals surface area contributed by atoms with Crippen molar-refractivity contribution in [2.75, 3.05) is 20.3 Å². The molecule has 3 atom stereocenters. The van der Waals surface area contributed by atoms with Crippen molar-refractivity contribution in [3.63, 3.8) is 0 Å². The molecule has 1 aliphatic rings. The number of carbonyl (C=O) groups is 1. The molecule has 0 aromatic heterocycles. The molecule has 1 rings (SSSR count). The lowest BCUT2D eigenvalue weighted by molar-refractivity contribution is -0.144. The topological polar surface area (TPSA) is 47.6 Å². The molecule has 1 fully saturated rings. The number of rotatable bonds is 4. The molecule has 88 valence electrons. The van der Waals surface area contributed by atoms with Crippen LogP contribution in [0.3, 0.4) is 0 Å². The first-order valence-electron chi connectivity index (χ1n) is 5.56. The fourth-order valence-electron chi connectivity index (χ4n) is 1.81. The molecule has 15 heavy (non-hydrogen) atoms. The van der Waals surface area contributed by atoms with Gasteiger partial charge in [-0.1, -0.05) is 6.92 Å². The standard InChI is InChI=1S/C11H21NO3/c1-8(11(13)14-3)7-12-10-4-5-15-9(2)6-10/h8-10,12H,4-7H2,1-3H3. The fourth-order valence-corrected chi connectivity index (χ4v) is 1.81. The van der Waals surface area contributed by atoms with Crippen molar-refractivity contribution in [3.8, 4) is 0 Å². The van der Waals surface area contributed by atoms with Crippen LogP contribution in [0.4, 0.5) is 0 Å². The highest BCUT2D eigenvalue weighted by Gasteiger charge is 2.20. The van der Waals surface area contributed by atoms with Gasteiger partial charge in [-0.2, -0.15) is 0 Å². The minimum absolute atomic E-state index is 0.0758. The van der Waals surface area contributed by atoms with Gasteiger partial charge in [-0.05, 0) is 19.8 Å². The normalized spacial score (nSPS) is 28.5. The van der Waals surface area contributed by atoms with Gasteiger partial charge < -0.3 is 14.8 Å². The van der Waals surface area contributed by atoms with Gasteiger partial charge >= 0.3 is 5.97 Å². The van der Waals surface area contributed by atoms with Gasteiger partial charge in [-0.3, -0.25) is 4.79 Å². The van der Waals surface area contributed by atoms with Gasteiger partial charge in [0.15, 0.2) is 0 Å². The van der Waals surface area contributed by atoms with Crippen LogP contribution in [0.5, 0.6) is 0 Å². The Morgan fingerprint density at radius 2 is 2.40 bits per heavy atom. The van der Waals surface area contributed by atoms with Crippen molar-refractivity contribution in [1.29, 1.82) is 0 Å². The summed E-state index contributed by atoms with van der Waals surface area (Å²) in [6, 6.07) is 0.473. The minimum Gasteiger partial charge on any atom is -0.469 e. The minimum atomic E-state index is -0.150. The van der Waals surface area contributed by atoms with Crippen LogP contribution in [0.15, 0.2) is 0 Å². The van der Waals surface area contributed by atoms with Crippen LogP contribution in [0.1, 0.15) is 26.7 Å². The van der Waals surface area contributed by atoms with E-state index >= 15 is 0 Å². The van der Waals surface area contributed by atoms with Crippen LogP contribution >= 0.6 is 0 Å². The van der Waals surface area contributed by atoms with Gasteiger partial charge in [0.25, 0.3) is 0 Å². The quantitative estimate of drug-likeness (QED) is 0.709. The zero-order valence-electron chi connectivity index (χ0n) is 9.79. The molecule has 0 bridgehead atoms. The second-order valence-corrected chi connectivity index (χ2v) is 4.24. The smallest absolute Gasteiger partial charge is 0.309 e. The van der Waals surface area contributed by atoms with E-state index in [0.717, 1.165) is 19.4 Å². The largest absolute Gasteiger partial charge is 0.469 e. The summed E-state index contributed by atoms with van der Waals surface area (Å²) in [6.45, 7) is 5.45. The maximum Gasteiger partial charge on any atom is 0.309 e. The molecule has 0 spiro atoms. The molecule has 0 saturated carbocycles. The van der Waals surface area contributed by atoms with Crippen molar-refractivity contribution in [1.82, 2.24) is 5.32 Å². The van der Waals surface area contributed by atoms with Gasteiger partial charge in [-0.25, -0.2) is 0 Å². The van der Waals surface area contributed by atoms with E-state index in [4.69, 9.17) is 4.74 Å². The Balaban J connectivity index is 2.21. The number of methoxy groups -OCH3 is 1. The molecule has 0 aromatic rings. The third-order valence-corrected chi connectivity index (χ3v) is 2.80. The van der Waals surface area contributed by atoms with Crippen LogP contribution in [0.25, 0.3) is 0 Å². The van der Waals surface area contributed by atoms with Crippen molar-refractivity contribution >= 4 is 5.97 Å². The Hall–Kier alpha value is -0.610. The van der Waals surface area contributed by atoms with Crippen molar-refractivity contribution in [2.24, 2.45) is 5.92 Å². The first kappa shape index (κ1) is 12.5. The van der Waals surface area contributed by atoms with Gasteiger partial charge in [0.2, 0.25) is 0 Å². The predicted octanol–water partition coefficient (Wildman–Crippen LogP) is 0.953. The first-order valence-corrected chi connectivity index (χ1v) is 5.56. The SMILES string of the molecule is COC(=O)C(C)CNC1CCOC(C)C1. The summed E-state index contributed by atoms with van der Waals surface area (Å²) in [4.78, 5) is 11.2. The Bertz CT molecular complexity index is 208. The molecule has 4 nitrogen and oxygen atoms in total. The van der Waals surface area contributed by atoms with Crippen LogP contribution in [-0.2, 0) is 14.3 Å². The Morgan fingerprint density at radius 1 is 1.67 bits per heavy atom. The van der Waals surface area contributed by atoms with E-state index in [9.17, 15) is 4.79 Å². The van der Waals surface area contributed by atoms with Gasteiger partial charge in [0.05, 0.1) is 19.1 Å². The Morgan fingerprint density at radius 3 is 3.00 bits per heavy atom. The van der Waals surface area contributed by atoms with Crippen molar-refractivity contribution in [2.45, 2.75) is 38.8 Å². The summed E-state index contributed by atoms with van der Waals surface area (Å²) in [5, 5.41) is 3.39. The number of ether oxygens (including phenoxy) is 2. The summed E-state index contributed by atoms with van der Waals surface area (Å²) in [5.41, 5.74) is 0. The van der Waals surface area contributed by atoms with E-state index in [1.807, 2.05) is 6.92 Å². The summed E-state index contributed by atoms with van der Waals surface area (Å²) >= 11 is 0. The molecular weight excluding hydrogens is 194 g/mol. The first-order chi connectivity index (χ1) is 7.13. The maximum atomic E-state index is 11.2. The van der Waals surface area contributed by atoms with E-state index in [1.165, 1.54) is 7.11 Å². The van der Waals surface area contributed by atoms with E-state index < -0.39 is 0 Å². The molecule has 1 heterocycles. The monoisotopic (exact) mass is 215 g/mol. The molecule has 1 saturated heterocycles. The summed E-state index contributed by atoms with van der Waals surface area (Å²) in [6.07, 6.45) is 2.37. The molecule has 0 radical (unpaired) electrons. The third-order valence-electron chi connectivity index (χ3n) is 2.80. The highest BCUT2D eigenvalue weighted by atomic mass is 16.5. The zero-order valence-corrected chi connectivity index (χ0v) is 9.79. The number of hydrogen-bond donors (Lipinski definition) is 1. The molecule has 0 amide bonds. The second kappa shape index (κ2) is 6.08. The fraction of sp³-hybridized carbons (Fsp3) is 0.909. The van der Waals surface area contributed by atoms with E-state index in [-0.39, 0.29) is 11.9 Å². The van der Waals surface area contributed by atoms with Crippen molar-refractivity contribution < 1.29 is 14.3 Å². The molecule has 0 aromatic carbocycles. The zero-order chi connectivity index (χ0) is 11.3. The summed E-state index contributed by atoms with van der Waals surface area (Å²) in [5.74, 6) is -0.226. The number of esters is 1. The van der Waals surface area contributed by atoms with Crippen LogP contribution in [0.2, 0.25) is 0 Å². The third kappa shape index (κ3) is 4.18. The Labute approximate surface area is 91.3 Å². The molecule has 4 heteroatoms. The van der Waals surface area contributed by atoms with Gasteiger partial charge in [-0.15, -0.1) is 0 Å². The summed E-state index contributed by atoms with van der Waals surface area (Å²) < 4.78 is 10.1. The molecular formula is C11H21NO3. The van der Waals surface area contributed by atoms with E-state index in [2.05, 4.69) is 17.0 Å². The number of hydrogen-bond acceptors (Lipinski definition) is 4. The molecule has 3 unspecified atom stereocenters. The molecule has 0 aliphatic carbocycles. The van der Waals surface area contributed by atoms with Gasteiger partial charge in [0.1, 0.15) is 0 Å². The van der Waals surface area contributed by atoms with E-state index in [1.54, 1.807) is 0 Å². The lowest BCUT2D eigenvalue weighted by Gasteiger charge is -2.28. The number of carbonyl (C=O) groups excluding carboxylic acids is 1. The van der Waals surface area contributed by atoms with Gasteiger partial charge in [0, 0.05) is 19.2 Å². The highest BCUT2D eigenvalue weighted by molar-refractivity contribution is 5.72. The predicted molar refractivity (Wildman–Crippen MR) is 57.6 cm³/mol. The van der Waals surface area contributed by atoms with Crippen LogP contribution in [-0.4, -0.2) is 38.4 Å². The van der Waals surface area contributed by atoms with Crippen LogP contribution < -0.4 is 5.32 Å². The lowest BCUT2D eigenvalue weighted by Crippen LogP contribution is -2.41. The lowest BCUT2D eigenvalue weighted by atomic mass is 10.0. The maximum absolute atomic E-state index is 11.2. The average molecular weight is 215 g/mol. The Kier molecular flexibility index (Phi) is 5.05.